The molecule has 6 nitrogen and oxygen atoms in total. The predicted molar refractivity (Wildman–Crippen MR) is 79.3 cm³/mol. The minimum absolute atomic E-state index is 0.00969. The quantitative estimate of drug-likeness (QED) is 0.607. The number of amides is 1. The Bertz CT molecular complexity index is 494. The Balaban J connectivity index is 2.18. The molecule has 0 unspecified atom stereocenters. The van der Waals surface area contributed by atoms with Crippen LogP contribution >= 0.6 is 0 Å². The average molecular weight is 296 g/mol. The predicted octanol–water partition coefficient (Wildman–Crippen LogP) is 1.86. The van der Waals surface area contributed by atoms with E-state index in [2.05, 4.69) is 5.32 Å². The summed E-state index contributed by atoms with van der Waals surface area (Å²) in [7, 11) is 0. The topological polar surface area (TPSA) is 91.6 Å². The molecule has 1 aromatic heterocycles. The Kier molecular flexibility index (Phi) is 6.78. The molecule has 1 heterocycles. The maximum Gasteiger partial charge on any atom is 0.221 e. The van der Waals surface area contributed by atoms with Crippen LogP contribution in [0.25, 0.3) is 0 Å². The van der Waals surface area contributed by atoms with Crippen molar-refractivity contribution < 1.29 is 19.8 Å². The van der Waals surface area contributed by atoms with E-state index in [0.717, 1.165) is 19.3 Å². The number of nitrogens with zero attached hydrogens (tertiary/aromatic N) is 1. The molecular formula is C15H24N2O4. The second kappa shape index (κ2) is 8.34. The molecule has 1 aromatic rings. The summed E-state index contributed by atoms with van der Waals surface area (Å²) in [5, 5.41) is 22.1. The maximum atomic E-state index is 11.6. The number of Topliss-reactive ketones (excluding diaryl/α,β-unsaturated/α-hetero) is 1. The molecule has 0 saturated carbocycles. The van der Waals surface area contributed by atoms with Gasteiger partial charge in [-0.15, -0.1) is 0 Å². The molecule has 0 aliphatic carbocycles. The number of aryl methyl sites for hydroxylation is 1. The lowest BCUT2D eigenvalue weighted by molar-refractivity contribution is -0.121. The molecule has 0 aliphatic rings. The van der Waals surface area contributed by atoms with E-state index in [1.54, 1.807) is 13.8 Å². The van der Waals surface area contributed by atoms with Crippen molar-refractivity contribution in [1.82, 2.24) is 9.88 Å². The maximum absolute atomic E-state index is 11.6. The Morgan fingerprint density at radius 3 is 2.48 bits per heavy atom. The second-order valence-corrected chi connectivity index (χ2v) is 5.27. The first-order chi connectivity index (χ1) is 9.91. The van der Waals surface area contributed by atoms with Crippen LogP contribution in [0, 0.1) is 6.92 Å². The molecule has 0 aliphatic heterocycles. The molecule has 0 aromatic carbocycles. The van der Waals surface area contributed by atoms with Crippen LogP contribution in [0.2, 0.25) is 0 Å². The van der Waals surface area contributed by atoms with Gasteiger partial charge in [0, 0.05) is 37.6 Å². The van der Waals surface area contributed by atoms with Crippen molar-refractivity contribution >= 4 is 11.7 Å². The van der Waals surface area contributed by atoms with Crippen LogP contribution in [0.4, 0.5) is 0 Å². The molecule has 0 radical (unpaired) electrons. The standard InChI is InChI=1S/C15H24N2O4/c1-11-10-14(20)17(15(11)21)9-7-13(19)16-8-5-3-4-6-12(2)18/h10,20-21H,3-9H2,1-2H3,(H,16,19). The van der Waals surface area contributed by atoms with Crippen molar-refractivity contribution in [3.05, 3.63) is 11.6 Å². The third-order valence-corrected chi connectivity index (χ3v) is 3.32. The first kappa shape index (κ1) is 17.1. The van der Waals surface area contributed by atoms with Gasteiger partial charge in [-0.25, -0.2) is 0 Å². The van der Waals surface area contributed by atoms with E-state index in [1.807, 2.05) is 0 Å². The highest BCUT2D eigenvalue weighted by molar-refractivity contribution is 5.76. The van der Waals surface area contributed by atoms with Crippen LogP contribution in [-0.2, 0) is 16.1 Å². The van der Waals surface area contributed by atoms with E-state index >= 15 is 0 Å². The van der Waals surface area contributed by atoms with Crippen LogP contribution < -0.4 is 5.32 Å². The molecule has 118 valence electrons. The van der Waals surface area contributed by atoms with Crippen LogP contribution in [0.15, 0.2) is 6.07 Å². The third-order valence-electron chi connectivity index (χ3n) is 3.32. The highest BCUT2D eigenvalue weighted by atomic mass is 16.3. The fraction of sp³-hybridized carbons (Fsp3) is 0.600. The molecule has 0 saturated heterocycles. The van der Waals surface area contributed by atoms with Crippen molar-refractivity contribution in [2.45, 2.75) is 52.5 Å². The van der Waals surface area contributed by atoms with E-state index in [-0.39, 0.29) is 36.4 Å². The van der Waals surface area contributed by atoms with Gasteiger partial charge in [0.1, 0.15) is 5.78 Å². The zero-order valence-electron chi connectivity index (χ0n) is 12.7. The molecule has 21 heavy (non-hydrogen) atoms. The van der Waals surface area contributed by atoms with Crippen molar-refractivity contribution in [1.29, 1.82) is 0 Å². The van der Waals surface area contributed by atoms with E-state index < -0.39 is 0 Å². The number of carbonyl (C=O) groups is 2. The molecule has 1 rings (SSSR count). The van der Waals surface area contributed by atoms with Gasteiger partial charge in [-0.2, -0.15) is 0 Å². The zero-order valence-corrected chi connectivity index (χ0v) is 12.7. The Morgan fingerprint density at radius 1 is 1.19 bits per heavy atom. The van der Waals surface area contributed by atoms with Crippen molar-refractivity contribution in [3.8, 4) is 11.8 Å². The number of carbonyl (C=O) groups excluding carboxylic acids is 2. The first-order valence-corrected chi connectivity index (χ1v) is 7.26. The number of aromatic hydroxyl groups is 2. The van der Waals surface area contributed by atoms with Gasteiger partial charge in [-0.3, -0.25) is 9.36 Å². The van der Waals surface area contributed by atoms with Crippen LogP contribution in [-0.4, -0.2) is 33.0 Å². The summed E-state index contributed by atoms with van der Waals surface area (Å²) in [6.07, 6.45) is 3.41. The van der Waals surface area contributed by atoms with Gasteiger partial charge in [0.15, 0.2) is 11.8 Å². The minimum atomic E-state index is -0.119. The normalized spacial score (nSPS) is 10.6. The fourth-order valence-corrected chi connectivity index (χ4v) is 2.08. The van der Waals surface area contributed by atoms with Crippen molar-refractivity contribution in [2.24, 2.45) is 0 Å². The van der Waals surface area contributed by atoms with Gasteiger partial charge < -0.3 is 20.3 Å². The molecule has 0 fully saturated rings. The monoisotopic (exact) mass is 296 g/mol. The second-order valence-electron chi connectivity index (χ2n) is 5.27. The number of ketones is 1. The van der Waals surface area contributed by atoms with Gasteiger partial charge in [0.25, 0.3) is 0 Å². The van der Waals surface area contributed by atoms with E-state index in [1.165, 1.54) is 10.6 Å². The summed E-state index contributed by atoms with van der Waals surface area (Å²) in [5.41, 5.74) is 0.582. The van der Waals surface area contributed by atoms with Crippen LogP contribution in [0.1, 0.15) is 44.6 Å². The molecule has 0 atom stereocenters. The van der Waals surface area contributed by atoms with Crippen molar-refractivity contribution in [2.75, 3.05) is 6.54 Å². The SMILES string of the molecule is CC(=O)CCCCCNC(=O)CCn1c(O)cc(C)c1O. The highest BCUT2D eigenvalue weighted by Crippen LogP contribution is 2.26. The fourth-order valence-electron chi connectivity index (χ4n) is 2.08. The van der Waals surface area contributed by atoms with Crippen LogP contribution in [0.5, 0.6) is 11.8 Å². The Labute approximate surface area is 124 Å². The largest absolute Gasteiger partial charge is 0.494 e. The molecule has 1 amide bonds. The van der Waals surface area contributed by atoms with E-state index in [0.29, 0.717) is 18.5 Å². The van der Waals surface area contributed by atoms with Gasteiger partial charge in [0.05, 0.1) is 0 Å². The number of unbranched alkanes of at least 4 members (excludes halogenated alkanes) is 2. The number of hydrogen-bond donors (Lipinski definition) is 3. The highest BCUT2D eigenvalue weighted by Gasteiger charge is 2.11. The number of rotatable bonds is 9. The number of hydrogen-bond acceptors (Lipinski definition) is 4. The zero-order chi connectivity index (χ0) is 15.8. The number of nitrogens with one attached hydrogen (secondary N) is 1. The summed E-state index contributed by atoms with van der Waals surface area (Å²) >= 11 is 0. The molecule has 0 spiro atoms. The summed E-state index contributed by atoms with van der Waals surface area (Å²) in [6.45, 7) is 4.09. The van der Waals surface area contributed by atoms with Gasteiger partial charge in [-0.1, -0.05) is 6.42 Å². The van der Waals surface area contributed by atoms with E-state index in [9.17, 15) is 19.8 Å². The summed E-state index contributed by atoms with van der Waals surface area (Å²) in [5.74, 6) is 0.0268. The summed E-state index contributed by atoms with van der Waals surface area (Å²) in [4.78, 5) is 22.4. The first-order valence-electron chi connectivity index (χ1n) is 7.26. The van der Waals surface area contributed by atoms with Gasteiger partial charge >= 0.3 is 0 Å². The summed E-state index contributed by atoms with van der Waals surface area (Å²) < 4.78 is 1.31. The lowest BCUT2D eigenvalue weighted by atomic mass is 10.1. The summed E-state index contributed by atoms with van der Waals surface area (Å²) in [6, 6.07) is 1.46. The minimum Gasteiger partial charge on any atom is -0.494 e. The molecular weight excluding hydrogens is 272 g/mol. The number of aromatic nitrogens is 1. The van der Waals surface area contributed by atoms with Gasteiger partial charge in [-0.05, 0) is 26.7 Å². The smallest absolute Gasteiger partial charge is 0.221 e. The lowest BCUT2D eigenvalue weighted by Gasteiger charge is -2.08. The van der Waals surface area contributed by atoms with E-state index in [4.69, 9.17) is 0 Å². The Hall–Kier alpha value is -1.98. The lowest BCUT2D eigenvalue weighted by Crippen LogP contribution is -2.25. The van der Waals surface area contributed by atoms with Crippen LogP contribution in [0.3, 0.4) is 0 Å². The average Bonchev–Trinajstić information content (AvgIpc) is 2.65. The third kappa shape index (κ3) is 5.89. The molecule has 6 heteroatoms. The van der Waals surface area contributed by atoms with Crippen molar-refractivity contribution in [3.63, 3.8) is 0 Å². The molecule has 0 bridgehead atoms. The van der Waals surface area contributed by atoms with Gasteiger partial charge in [0.2, 0.25) is 5.91 Å². The molecule has 3 N–H and O–H groups in total. The Morgan fingerprint density at radius 2 is 1.90 bits per heavy atom.